The van der Waals surface area contributed by atoms with E-state index in [4.69, 9.17) is 10.5 Å². The van der Waals surface area contributed by atoms with E-state index in [9.17, 15) is 4.79 Å². The molecular weight excluding hydrogens is 168 g/mol. The van der Waals surface area contributed by atoms with E-state index in [1.54, 1.807) is 12.0 Å². The summed E-state index contributed by atoms with van der Waals surface area (Å²) in [5.74, 6) is 0.0210. The number of nitrogens with zero attached hydrogens (tertiary/aromatic N) is 1. The molecule has 0 bridgehead atoms. The minimum absolute atomic E-state index is 0.0210. The van der Waals surface area contributed by atoms with Gasteiger partial charge in [-0.25, -0.2) is 0 Å². The molecule has 0 saturated carbocycles. The standard InChI is InChI=1S/C9H16N2O2/c1-13-7-8-2-4-11(5-3-8)9(12)6-10/h2H,3-7,10H2,1H3. The Morgan fingerprint density at radius 1 is 1.77 bits per heavy atom. The van der Waals surface area contributed by atoms with E-state index in [0.717, 1.165) is 13.0 Å². The van der Waals surface area contributed by atoms with Crippen LogP contribution in [-0.4, -0.2) is 44.2 Å². The summed E-state index contributed by atoms with van der Waals surface area (Å²) in [6.45, 7) is 2.22. The third-order valence-electron chi connectivity index (χ3n) is 2.16. The first-order valence-electron chi connectivity index (χ1n) is 4.42. The molecule has 1 aliphatic rings. The van der Waals surface area contributed by atoms with Crippen LogP contribution in [0.25, 0.3) is 0 Å². The fraction of sp³-hybridized carbons (Fsp3) is 0.667. The molecule has 0 unspecified atom stereocenters. The van der Waals surface area contributed by atoms with Gasteiger partial charge < -0.3 is 15.4 Å². The highest BCUT2D eigenvalue weighted by Gasteiger charge is 2.14. The quantitative estimate of drug-likeness (QED) is 0.615. The maximum Gasteiger partial charge on any atom is 0.236 e. The van der Waals surface area contributed by atoms with Crippen LogP contribution in [0, 0.1) is 0 Å². The molecule has 4 nitrogen and oxygen atoms in total. The van der Waals surface area contributed by atoms with Gasteiger partial charge in [-0.15, -0.1) is 0 Å². The lowest BCUT2D eigenvalue weighted by atomic mass is 10.1. The van der Waals surface area contributed by atoms with Crippen LogP contribution in [0.2, 0.25) is 0 Å². The Morgan fingerprint density at radius 3 is 3.00 bits per heavy atom. The number of methoxy groups -OCH3 is 1. The molecule has 1 rings (SSSR count). The van der Waals surface area contributed by atoms with E-state index < -0.39 is 0 Å². The third-order valence-corrected chi connectivity index (χ3v) is 2.16. The van der Waals surface area contributed by atoms with Gasteiger partial charge in [0.1, 0.15) is 0 Å². The van der Waals surface area contributed by atoms with Gasteiger partial charge in [-0.1, -0.05) is 6.08 Å². The van der Waals surface area contributed by atoms with E-state index in [1.165, 1.54) is 5.57 Å². The maximum atomic E-state index is 11.2. The number of carbonyl (C=O) groups excluding carboxylic acids is 1. The number of ether oxygens (including phenoxy) is 1. The molecule has 1 heterocycles. The number of rotatable bonds is 3. The first-order valence-corrected chi connectivity index (χ1v) is 4.42. The molecule has 0 aromatic rings. The van der Waals surface area contributed by atoms with Gasteiger partial charge in [0.05, 0.1) is 13.2 Å². The minimum Gasteiger partial charge on any atom is -0.380 e. The van der Waals surface area contributed by atoms with Gasteiger partial charge in [0.15, 0.2) is 0 Å². The third kappa shape index (κ3) is 2.82. The van der Waals surface area contributed by atoms with Crippen LogP contribution in [0.4, 0.5) is 0 Å². The Morgan fingerprint density at radius 2 is 2.54 bits per heavy atom. The van der Waals surface area contributed by atoms with Gasteiger partial charge in [-0.3, -0.25) is 4.79 Å². The summed E-state index contributed by atoms with van der Waals surface area (Å²) in [6, 6.07) is 0. The summed E-state index contributed by atoms with van der Waals surface area (Å²) in [5.41, 5.74) is 6.53. The number of nitrogens with two attached hydrogens (primary N) is 1. The number of carbonyl (C=O) groups is 1. The summed E-state index contributed by atoms with van der Waals surface area (Å²) in [5, 5.41) is 0. The average molecular weight is 184 g/mol. The smallest absolute Gasteiger partial charge is 0.236 e. The molecule has 0 radical (unpaired) electrons. The highest BCUT2D eigenvalue weighted by Crippen LogP contribution is 2.10. The van der Waals surface area contributed by atoms with Gasteiger partial charge in [-0.05, 0) is 12.0 Å². The van der Waals surface area contributed by atoms with E-state index >= 15 is 0 Å². The molecule has 4 heteroatoms. The van der Waals surface area contributed by atoms with Crippen molar-refractivity contribution in [3.05, 3.63) is 11.6 Å². The van der Waals surface area contributed by atoms with E-state index in [1.807, 2.05) is 6.08 Å². The van der Waals surface area contributed by atoms with Crippen LogP contribution in [0.5, 0.6) is 0 Å². The first kappa shape index (κ1) is 10.2. The van der Waals surface area contributed by atoms with E-state index in [0.29, 0.717) is 13.2 Å². The second-order valence-corrected chi connectivity index (χ2v) is 3.09. The fourth-order valence-electron chi connectivity index (χ4n) is 1.38. The molecule has 0 spiro atoms. The van der Waals surface area contributed by atoms with Crippen LogP contribution in [0.15, 0.2) is 11.6 Å². The lowest BCUT2D eigenvalue weighted by Gasteiger charge is -2.25. The molecule has 1 amide bonds. The molecular formula is C9H16N2O2. The summed E-state index contributed by atoms with van der Waals surface area (Å²) in [4.78, 5) is 12.9. The summed E-state index contributed by atoms with van der Waals surface area (Å²) in [7, 11) is 1.68. The highest BCUT2D eigenvalue weighted by molar-refractivity contribution is 5.78. The second kappa shape index (κ2) is 4.99. The topological polar surface area (TPSA) is 55.6 Å². The van der Waals surface area contributed by atoms with E-state index in [-0.39, 0.29) is 12.5 Å². The fourth-order valence-corrected chi connectivity index (χ4v) is 1.38. The SMILES string of the molecule is COCC1=CCN(C(=O)CN)CC1. The first-order chi connectivity index (χ1) is 6.27. The summed E-state index contributed by atoms with van der Waals surface area (Å²) < 4.78 is 5.01. The molecule has 2 N–H and O–H groups in total. The molecule has 0 atom stereocenters. The number of amides is 1. The summed E-state index contributed by atoms with van der Waals surface area (Å²) in [6.07, 6.45) is 2.94. The Bertz CT molecular complexity index is 214. The highest BCUT2D eigenvalue weighted by atomic mass is 16.5. The van der Waals surface area contributed by atoms with Crippen molar-refractivity contribution >= 4 is 5.91 Å². The van der Waals surface area contributed by atoms with Crippen molar-refractivity contribution in [3.63, 3.8) is 0 Å². The molecule has 74 valence electrons. The average Bonchev–Trinajstić information content (AvgIpc) is 2.18. The predicted molar refractivity (Wildman–Crippen MR) is 50.2 cm³/mol. The normalized spacial score (nSPS) is 17.1. The Kier molecular flexibility index (Phi) is 3.92. The molecule has 0 fully saturated rings. The van der Waals surface area contributed by atoms with Crippen molar-refractivity contribution in [2.75, 3.05) is 33.4 Å². The maximum absolute atomic E-state index is 11.2. The second-order valence-electron chi connectivity index (χ2n) is 3.09. The molecule has 0 aromatic carbocycles. The van der Waals surface area contributed by atoms with E-state index in [2.05, 4.69) is 0 Å². The number of hydrogen-bond acceptors (Lipinski definition) is 3. The zero-order valence-corrected chi connectivity index (χ0v) is 7.95. The molecule has 1 aliphatic heterocycles. The Hall–Kier alpha value is -0.870. The van der Waals surface area contributed by atoms with Crippen LogP contribution >= 0.6 is 0 Å². The van der Waals surface area contributed by atoms with Crippen LogP contribution in [-0.2, 0) is 9.53 Å². The van der Waals surface area contributed by atoms with Gasteiger partial charge in [0.25, 0.3) is 0 Å². The molecule has 0 saturated heterocycles. The zero-order valence-electron chi connectivity index (χ0n) is 7.95. The van der Waals surface area contributed by atoms with Crippen LogP contribution in [0.3, 0.4) is 0 Å². The lowest BCUT2D eigenvalue weighted by molar-refractivity contribution is -0.129. The lowest BCUT2D eigenvalue weighted by Crippen LogP contribution is -2.39. The number of hydrogen-bond donors (Lipinski definition) is 1. The Balaban J connectivity index is 2.41. The monoisotopic (exact) mass is 184 g/mol. The van der Waals surface area contributed by atoms with Gasteiger partial charge >= 0.3 is 0 Å². The van der Waals surface area contributed by atoms with Gasteiger partial charge in [0, 0.05) is 20.2 Å². The van der Waals surface area contributed by atoms with Crippen molar-refractivity contribution in [2.24, 2.45) is 5.73 Å². The molecule has 0 aromatic heterocycles. The minimum atomic E-state index is 0.0210. The van der Waals surface area contributed by atoms with Crippen molar-refractivity contribution < 1.29 is 9.53 Å². The molecule has 13 heavy (non-hydrogen) atoms. The summed E-state index contributed by atoms with van der Waals surface area (Å²) >= 11 is 0. The predicted octanol–water partition coefficient (Wildman–Crippen LogP) is -0.250. The largest absolute Gasteiger partial charge is 0.380 e. The van der Waals surface area contributed by atoms with Crippen molar-refractivity contribution in [1.82, 2.24) is 4.90 Å². The van der Waals surface area contributed by atoms with Crippen LogP contribution < -0.4 is 5.73 Å². The van der Waals surface area contributed by atoms with Crippen molar-refractivity contribution in [2.45, 2.75) is 6.42 Å². The molecule has 0 aliphatic carbocycles. The van der Waals surface area contributed by atoms with Crippen LogP contribution in [0.1, 0.15) is 6.42 Å². The van der Waals surface area contributed by atoms with Gasteiger partial charge in [0.2, 0.25) is 5.91 Å². The Labute approximate surface area is 78.3 Å². The van der Waals surface area contributed by atoms with Crippen molar-refractivity contribution in [3.8, 4) is 0 Å². The zero-order chi connectivity index (χ0) is 9.68. The van der Waals surface area contributed by atoms with Crippen molar-refractivity contribution in [1.29, 1.82) is 0 Å². The van der Waals surface area contributed by atoms with Gasteiger partial charge in [-0.2, -0.15) is 0 Å².